The van der Waals surface area contributed by atoms with E-state index in [1.165, 1.54) is 0 Å². The molecule has 1 aliphatic rings. The van der Waals surface area contributed by atoms with Gasteiger partial charge in [0.2, 0.25) is 5.91 Å². The summed E-state index contributed by atoms with van der Waals surface area (Å²) in [5, 5.41) is 10.3. The largest absolute Gasteiger partial charge is 0.387 e. The van der Waals surface area contributed by atoms with E-state index in [0.29, 0.717) is 19.5 Å². The molecule has 76 valence electrons. The molecular weight excluding hydrogens is 166 g/mol. The number of hydrogen-bond acceptors (Lipinski definition) is 2. The molecule has 3 nitrogen and oxygen atoms in total. The first-order chi connectivity index (χ1) is 5.76. The topological polar surface area (TPSA) is 40.5 Å². The van der Waals surface area contributed by atoms with Gasteiger partial charge < -0.3 is 10.0 Å². The predicted molar refractivity (Wildman–Crippen MR) is 51.3 cm³/mol. The van der Waals surface area contributed by atoms with Crippen LogP contribution < -0.4 is 0 Å². The molecule has 1 unspecified atom stereocenters. The molecule has 1 amide bonds. The van der Waals surface area contributed by atoms with Crippen molar-refractivity contribution in [1.82, 2.24) is 4.90 Å². The standard InChI is InChI=1S/C10H19NO2/c1-8(12)11-6-5-10(13,7-11)9(2,3)4/h13H,5-7H2,1-4H3. The van der Waals surface area contributed by atoms with Crippen molar-refractivity contribution >= 4 is 5.91 Å². The highest BCUT2D eigenvalue weighted by molar-refractivity contribution is 5.73. The summed E-state index contributed by atoms with van der Waals surface area (Å²) in [5.41, 5.74) is -0.865. The summed E-state index contributed by atoms with van der Waals surface area (Å²) >= 11 is 0. The molecule has 0 saturated carbocycles. The van der Waals surface area contributed by atoms with E-state index < -0.39 is 5.60 Å². The van der Waals surface area contributed by atoms with E-state index in [2.05, 4.69) is 0 Å². The highest BCUT2D eigenvalue weighted by Gasteiger charge is 2.45. The lowest BCUT2D eigenvalue weighted by atomic mass is 9.76. The number of β-amino-alcohol motifs (C(OH)–C–C–N with tert-alkyl or cyclic N) is 1. The number of carbonyl (C=O) groups is 1. The maximum absolute atomic E-state index is 11.1. The van der Waals surface area contributed by atoms with Crippen molar-refractivity contribution in [3.63, 3.8) is 0 Å². The van der Waals surface area contributed by atoms with E-state index in [1.807, 2.05) is 20.8 Å². The van der Waals surface area contributed by atoms with E-state index in [9.17, 15) is 9.90 Å². The smallest absolute Gasteiger partial charge is 0.219 e. The average Bonchev–Trinajstić information content (AvgIpc) is 2.31. The number of likely N-dealkylation sites (tertiary alicyclic amines) is 1. The Balaban J connectivity index is 2.72. The number of carbonyl (C=O) groups excluding carboxylic acids is 1. The predicted octanol–water partition coefficient (Wildman–Crippen LogP) is 1.02. The van der Waals surface area contributed by atoms with Gasteiger partial charge in [-0.2, -0.15) is 0 Å². The van der Waals surface area contributed by atoms with Gasteiger partial charge in [0.15, 0.2) is 0 Å². The Labute approximate surface area is 79.7 Å². The summed E-state index contributed by atoms with van der Waals surface area (Å²) in [6, 6.07) is 0. The highest BCUT2D eigenvalue weighted by atomic mass is 16.3. The molecule has 1 saturated heterocycles. The number of nitrogens with zero attached hydrogens (tertiary/aromatic N) is 1. The number of hydrogen-bond donors (Lipinski definition) is 1. The van der Waals surface area contributed by atoms with Gasteiger partial charge in [0.05, 0.1) is 5.60 Å². The van der Waals surface area contributed by atoms with Crippen molar-refractivity contribution in [2.75, 3.05) is 13.1 Å². The molecular formula is C10H19NO2. The minimum absolute atomic E-state index is 0.0557. The Morgan fingerprint density at radius 1 is 1.46 bits per heavy atom. The minimum Gasteiger partial charge on any atom is -0.387 e. The van der Waals surface area contributed by atoms with Crippen LogP contribution in [0.2, 0.25) is 0 Å². The Kier molecular flexibility index (Phi) is 2.41. The molecule has 0 aliphatic carbocycles. The first-order valence-electron chi connectivity index (χ1n) is 4.74. The molecule has 0 bridgehead atoms. The van der Waals surface area contributed by atoms with Crippen molar-refractivity contribution in [3.05, 3.63) is 0 Å². The molecule has 1 rings (SSSR count). The second-order valence-electron chi connectivity index (χ2n) is 4.97. The van der Waals surface area contributed by atoms with E-state index >= 15 is 0 Å². The van der Waals surface area contributed by atoms with E-state index in [-0.39, 0.29) is 11.3 Å². The van der Waals surface area contributed by atoms with E-state index in [0.717, 1.165) is 0 Å². The third-order valence-corrected chi connectivity index (χ3v) is 3.09. The summed E-state index contributed by atoms with van der Waals surface area (Å²) < 4.78 is 0. The van der Waals surface area contributed by atoms with E-state index in [4.69, 9.17) is 0 Å². The third-order valence-electron chi connectivity index (χ3n) is 3.09. The Bertz CT molecular complexity index is 219. The summed E-state index contributed by atoms with van der Waals surface area (Å²) in [4.78, 5) is 12.8. The van der Waals surface area contributed by atoms with Crippen molar-refractivity contribution in [2.45, 2.75) is 39.7 Å². The average molecular weight is 185 g/mol. The van der Waals surface area contributed by atoms with Crippen LogP contribution in [-0.4, -0.2) is 34.6 Å². The Morgan fingerprint density at radius 2 is 2.00 bits per heavy atom. The molecule has 0 spiro atoms. The molecule has 1 N–H and O–H groups in total. The van der Waals surface area contributed by atoms with Gasteiger partial charge in [0, 0.05) is 20.0 Å². The second kappa shape index (κ2) is 2.98. The lowest BCUT2D eigenvalue weighted by Crippen LogP contribution is -2.45. The molecule has 0 aromatic rings. The van der Waals surface area contributed by atoms with Crippen LogP contribution in [0, 0.1) is 5.41 Å². The van der Waals surface area contributed by atoms with Crippen molar-refractivity contribution in [1.29, 1.82) is 0 Å². The SMILES string of the molecule is CC(=O)N1CCC(O)(C(C)(C)C)C1. The number of aliphatic hydroxyl groups is 1. The zero-order chi connectivity index (χ0) is 10.3. The maximum Gasteiger partial charge on any atom is 0.219 e. The summed E-state index contributed by atoms with van der Waals surface area (Å²) in [6.45, 7) is 8.74. The van der Waals surface area contributed by atoms with Gasteiger partial charge in [-0.3, -0.25) is 4.79 Å². The lowest BCUT2D eigenvalue weighted by molar-refractivity contribution is -0.130. The molecule has 1 aliphatic heterocycles. The van der Waals surface area contributed by atoms with Crippen molar-refractivity contribution in [3.8, 4) is 0 Å². The molecule has 1 heterocycles. The van der Waals surface area contributed by atoms with Gasteiger partial charge in [-0.25, -0.2) is 0 Å². The summed E-state index contributed by atoms with van der Waals surface area (Å²) in [6.07, 6.45) is 0.691. The van der Waals surface area contributed by atoms with Crippen LogP contribution in [0.3, 0.4) is 0 Å². The zero-order valence-electron chi connectivity index (χ0n) is 8.92. The lowest BCUT2D eigenvalue weighted by Gasteiger charge is -2.36. The molecule has 1 fully saturated rings. The fourth-order valence-corrected chi connectivity index (χ4v) is 1.67. The van der Waals surface area contributed by atoms with Crippen molar-refractivity contribution < 1.29 is 9.90 Å². The second-order valence-corrected chi connectivity index (χ2v) is 4.97. The molecule has 13 heavy (non-hydrogen) atoms. The molecule has 0 aromatic carbocycles. The van der Waals surface area contributed by atoms with Crippen LogP contribution in [0.5, 0.6) is 0 Å². The molecule has 3 heteroatoms. The van der Waals surface area contributed by atoms with Crippen LogP contribution in [-0.2, 0) is 4.79 Å². The molecule has 0 aromatic heterocycles. The van der Waals surface area contributed by atoms with Crippen LogP contribution in [0.25, 0.3) is 0 Å². The third kappa shape index (κ3) is 1.85. The Hall–Kier alpha value is -0.570. The maximum atomic E-state index is 11.1. The van der Waals surface area contributed by atoms with Gasteiger partial charge >= 0.3 is 0 Å². The summed E-state index contributed by atoms with van der Waals surface area (Å²) in [7, 11) is 0. The first kappa shape index (κ1) is 10.5. The minimum atomic E-state index is -0.710. The fourth-order valence-electron chi connectivity index (χ4n) is 1.67. The molecule has 0 radical (unpaired) electrons. The fraction of sp³-hybridized carbons (Fsp3) is 0.900. The van der Waals surface area contributed by atoms with Crippen LogP contribution in [0.1, 0.15) is 34.1 Å². The Morgan fingerprint density at radius 3 is 2.23 bits per heavy atom. The first-order valence-corrected chi connectivity index (χ1v) is 4.74. The van der Waals surface area contributed by atoms with Crippen molar-refractivity contribution in [2.24, 2.45) is 5.41 Å². The van der Waals surface area contributed by atoms with Crippen LogP contribution in [0.4, 0.5) is 0 Å². The highest BCUT2D eigenvalue weighted by Crippen LogP contribution is 2.37. The van der Waals surface area contributed by atoms with Crippen LogP contribution >= 0.6 is 0 Å². The van der Waals surface area contributed by atoms with Gasteiger partial charge in [-0.05, 0) is 11.8 Å². The van der Waals surface area contributed by atoms with Gasteiger partial charge in [-0.15, -0.1) is 0 Å². The monoisotopic (exact) mass is 185 g/mol. The summed E-state index contributed by atoms with van der Waals surface area (Å²) in [5.74, 6) is 0.0557. The quantitative estimate of drug-likeness (QED) is 0.612. The van der Waals surface area contributed by atoms with E-state index in [1.54, 1.807) is 11.8 Å². The molecule has 1 atom stereocenters. The van der Waals surface area contributed by atoms with Gasteiger partial charge in [0.1, 0.15) is 0 Å². The van der Waals surface area contributed by atoms with Gasteiger partial charge in [0.25, 0.3) is 0 Å². The van der Waals surface area contributed by atoms with Gasteiger partial charge in [-0.1, -0.05) is 20.8 Å². The number of rotatable bonds is 0. The zero-order valence-corrected chi connectivity index (χ0v) is 8.92. The normalized spacial score (nSPS) is 29.5. The number of amides is 1. The van der Waals surface area contributed by atoms with Crippen LogP contribution in [0.15, 0.2) is 0 Å².